The molecule has 0 amide bonds. The van der Waals surface area contributed by atoms with Gasteiger partial charge in [-0.05, 0) is 6.42 Å². The van der Waals surface area contributed by atoms with Crippen molar-refractivity contribution in [3.63, 3.8) is 0 Å². The first-order valence-corrected chi connectivity index (χ1v) is 5.01. The number of rotatable bonds is 7. The Labute approximate surface area is 169 Å². The van der Waals surface area contributed by atoms with Gasteiger partial charge in [0.25, 0.3) is 0 Å². The van der Waals surface area contributed by atoms with Crippen LogP contribution in [0.2, 0.25) is 0 Å². The van der Waals surface area contributed by atoms with Gasteiger partial charge in [-0.1, -0.05) is 45.4 Å². The summed E-state index contributed by atoms with van der Waals surface area (Å²) in [6, 6.07) is 0. The van der Waals surface area contributed by atoms with Crippen LogP contribution < -0.4 is 0 Å². The van der Waals surface area contributed by atoms with E-state index in [1.807, 2.05) is 0 Å². The fraction of sp³-hybridized carbons (Fsp3) is 1.00. The molecule has 110 valence electrons. The number of alkyl halides is 1. The summed E-state index contributed by atoms with van der Waals surface area (Å²) in [6.45, 7) is 2.25. The standard InChI is InChI=1S/C9H19Cl.6BrH/c1-2-3-4-5-6-7-8-9-10;;;;;;/h2-9H2,1H3;6*1H. The average molecular weight is 648 g/mol. The summed E-state index contributed by atoms with van der Waals surface area (Å²) in [7, 11) is 0. The van der Waals surface area contributed by atoms with Gasteiger partial charge >= 0.3 is 0 Å². The zero-order valence-corrected chi connectivity index (χ0v) is 20.5. The Kier molecular flexibility index (Phi) is 115. The van der Waals surface area contributed by atoms with Gasteiger partial charge in [0.2, 0.25) is 0 Å². The molecule has 0 unspecified atom stereocenters. The van der Waals surface area contributed by atoms with Gasteiger partial charge in [-0.25, -0.2) is 0 Å². The van der Waals surface area contributed by atoms with Crippen LogP contribution in [-0.4, -0.2) is 5.88 Å². The highest BCUT2D eigenvalue weighted by atomic mass is 79.9. The topological polar surface area (TPSA) is 0 Å². The molecule has 0 nitrogen and oxygen atoms in total. The molecule has 0 aliphatic rings. The molecule has 0 bridgehead atoms. The van der Waals surface area contributed by atoms with Crippen LogP contribution in [0.15, 0.2) is 0 Å². The van der Waals surface area contributed by atoms with E-state index in [4.69, 9.17) is 11.6 Å². The van der Waals surface area contributed by atoms with Crippen molar-refractivity contribution in [3.8, 4) is 0 Å². The highest BCUT2D eigenvalue weighted by Crippen LogP contribution is 2.06. The first kappa shape index (κ1) is 42.7. The molecule has 16 heavy (non-hydrogen) atoms. The number of unbranched alkanes of at least 4 members (excludes halogenated alkanes) is 6. The van der Waals surface area contributed by atoms with Crippen LogP contribution in [0, 0.1) is 0 Å². The third kappa shape index (κ3) is 43.4. The average Bonchev–Trinajstić information content (AvgIpc) is 1.97. The molecule has 0 spiro atoms. The Morgan fingerprint density at radius 3 is 1.19 bits per heavy atom. The van der Waals surface area contributed by atoms with Gasteiger partial charge in [-0.2, -0.15) is 0 Å². The highest BCUT2D eigenvalue weighted by Gasteiger charge is 1.88. The first-order valence-electron chi connectivity index (χ1n) is 4.47. The van der Waals surface area contributed by atoms with Crippen LogP contribution in [0.4, 0.5) is 0 Å². The van der Waals surface area contributed by atoms with Crippen molar-refractivity contribution in [2.24, 2.45) is 0 Å². The van der Waals surface area contributed by atoms with E-state index < -0.39 is 0 Å². The van der Waals surface area contributed by atoms with E-state index in [-0.39, 0.29) is 102 Å². The lowest BCUT2D eigenvalue weighted by atomic mass is 10.1. The van der Waals surface area contributed by atoms with Gasteiger partial charge < -0.3 is 0 Å². The van der Waals surface area contributed by atoms with Gasteiger partial charge in [-0.15, -0.1) is 113 Å². The van der Waals surface area contributed by atoms with E-state index in [2.05, 4.69) is 6.92 Å². The summed E-state index contributed by atoms with van der Waals surface area (Å²) >= 11 is 5.54. The lowest BCUT2D eigenvalue weighted by molar-refractivity contribution is 0.603. The van der Waals surface area contributed by atoms with E-state index in [1.165, 1.54) is 44.9 Å². The van der Waals surface area contributed by atoms with E-state index in [0.717, 1.165) is 5.88 Å². The molecule has 0 aromatic carbocycles. The third-order valence-electron chi connectivity index (χ3n) is 1.74. The molecule has 0 radical (unpaired) electrons. The molecule has 7 heteroatoms. The minimum atomic E-state index is 0. The third-order valence-corrected chi connectivity index (χ3v) is 2.00. The largest absolute Gasteiger partial charge is 0.127 e. The molecule has 0 N–H and O–H groups in total. The van der Waals surface area contributed by atoms with E-state index in [9.17, 15) is 0 Å². The molecule has 0 aliphatic carbocycles. The molecule has 0 heterocycles. The minimum Gasteiger partial charge on any atom is -0.127 e. The molecule has 0 saturated carbocycles. The van der Waals surface area contributed by atoms with Crippen molar-refractivity contribution in [3.05, 3.63) is 0 Å². The quantitative estimate of drug-likeness (QED) is 0.199. The Morgan fingerprint density at radius 2 is 0.875 bits per heavy atom. The molecule has 0 aromatic rings. The van der Waals surface area contributed by atoms with Crippen molar-refractivity contribution >= 4 is 113 Å². The van der Waals surface area contributed by atoms with Crippen LogP contribution in [0.3, 0.4) is 0 Å². The molecule has 0 atom stereocenters. The van der Waals surface area contributed by atoms with Gasteiger partial charge in [0, 0.05) is 5.88 Å². The van der Waals surface area contributed by atoms with Gasteiger partial charge in [0.15, 0.2) is 0 Å². The second kappa shape index (κ2) is 42.9. The lowest BCUT2D eigenvalue weighted by Gasteiger charge is -1.97. The fourth-order valence-corrected chi connectivity index (χ4v) is 1.24. The van der Waals surface area contributed by atoms with E-state index in [1.54, 1.807) is 0 Å². The summed E-state index contributed by atoms with van der Waals surface area (Å²) in [5.41, 5.74) is 0. The Balaban J connectivity index is -0.0000000270. The van der Waals surface area contributed by atoms with Crippen LogP contribution in [-0.2, 0) is 0 Å². The lowest BCUT2D eigenvalue weighted by Crippen LogP contribution is -1.79. The van der Waals surface area contributed by atoms with Crippen LogP contribution in [0.25, 0.3) is 0 Å². The Hall–Kier alpha value is 3.17. The molecule has 0 aromatic heterocycles. The van der Waals surface area contributed by atoms with Crippen LogP contribution >= 0.6 is 113 Å². The van der Waals surface area contributed by atoms with Crippen LogP contribution in [0.5, 0.6) is 0 Å². The normalized spacial score (nSPS) is 6.38. The Bertz CT molecular complexity index is 60.0. The van der Waals surface area contributed by atoms with Crippen molar-refractivity contribution in [2.75, 3.05) is 5.88 Å². The predicted octanol–water partition coefficient (Wildman–Crippen LogP) is 7.44. The van der Waals surface area contributed by atoms with Crippen LogP contribution in [0.1, 0.15) is 51.9 Å². The molecule has 0 rings (SSSR count). The summed E-state index contributed by atoms with van der Waals surface area (Å²) < 4.78 is 0. The number of halogens is 7. The Morgan fingerprint density at radius 1 is 0.562 bits per heavy atom. The molecule has 0 fully saturated rings. The molecular weight excluding hydrogens is 623 g/mol. The SMILES string of the molecule is Br.Br.Br.Br.Br.Br.CCCCCCCCCCl. The van der Waals surface area contributed by atoms with Gasteiger partial charge in [0.05, 0.1) is 0 Å². The summed E-state index contributed by atoms with van der Waals surface area (Å²) in [6.07, 6.45) is 9.48. The van der Waals surface area contributed by atoms with Crippen molar-refractivity contribution in [1.29, 1.82) is 0 Å². The van der Waals surface area contributed by atoms with E-state index in [0.29, 0.717) is 0 Å². The molecule has 0 saturated heterocycles. The van der Waals surface area contributed by atoms with Crippen molar-refractivity contribution < 1.29 is 0 Å². The predicted molar refractivity (Wildman–Crippen MR) is 111 cm³/mol. The number of hydrogen-bond donors (Lipinski definition) is 0. The van der Waals surface area contributed by atoms with Gasteiger partial charge in [-0.3, -0.25) is 0 Å². The van der Waals surface area contributed by atoms with Gasteiger partial charge in [0.1, 0.15) is 0 Å². The summed E-state index contributed by atoms with van der Waals surface area (Å²) in [5.74, 6) is 0.841. The zero-order chi connectivity index (χ0) is 7.66. The smallest absolute Gasteiger partial charge is 0.0223 e. The second-order valence-electron chi connectivity index (χ2n) is 2.81. The monoisotopic (exact) mass is 642 g/mol. The molecular formula is C9H25Br6Cl. The summed E-state index contributed by atoms with van der Waals surface area (Å²) in [5, 5.41) is 0. The highest BCUT2D eigenvalue weighted by molar-refractivity contribution is 8.93. The summed E-state index contributed by atoms with van der Waals surface area (Å²) in [4.78, 5) is 0. The maximum atomic E-state index is 5.54. The maximum Gasteiger partial charge on any atom is 0.0223 e. The molecule has 0 aliphatic heterocycles. The van der Waals surface area contributed by atoms with Crippen molar-refractivity contribution in [1.82, 2.24) is 0 Å². The fourth-order valence-electron chi connectivity index (χ4n) is 1.05. The zero-order valence-electron chi connectivity index (χ0n) is 9.48. The minimum absolute atomic E-state index is 0. The van der Waals surface area contributed by atoms with E-state index >= 15 is 0 Å². The second-order valence-corrected chi connectivity index (χ2v) is 3.19. The first-order chi connectivity index (χ1) is 4.91. The van der Waals surface area contributed by atoms with Crippen molar-refractivity contribution in [2.45, 2.75) is 51.9 Å². The number of hydrogen-bond acceptors (Lipinski definition) is 0. The maximum absolute atomic E-state index is 5.54.